The minimum atomic E-state index is -2.94. The lowest BCUT2D eigenvalue weighted by atomic mass is 10.3. The number of anilines is 1. The van der Waals surface area contributed by atoms with Crippen LogP contribution in [0.3, 0.4) is 0 Å². The van der Waals surface area contributed by atoms with Gasteiger partial charge in [0.05, 0.1) is 0 Å². The fraction of sp³-hybridized carbons (Fsp3) is 0.176. The largest absolute Gasteiger partial charge is 0.482 e. The Bertz CT molecular complexity index is 735. The summed E-state index contributed by atoms with van der Waals surface area (Å²) < 4.78 is 50.7. The molecule has 0 bridgehead atoms. The van der Waals surface area contributed by atoms with Crippen molar-refractivity contribution < 1.29 is 37.0 Å². The minimum Gasteiger partial charge on any atom is -0.482 e. The maximum atomic E-state index is 12.7. The van der Waals surface area contributed by atoms with Crippen LogP contribution in [0.1, 0.15) is 0 Å². The molecule has 26 heavy (non-hydrogen) atoms. The molecule has 0 aliphatic heterocycles. The Kier molecular flexibility index (Phi) is 6.84. The van der Waals surface area contributed by atoms with E-state index < -0.39 is 37.5 Å². The molecule has 0 atom stereocenters. The number of alkyl halides is 2. The van der Waals surface area contributed by atoms with Gasteiger partial charge >= 0.3 is 12.6 Å². The molecule has 2 aromatic carbocycles. The molecular weight excluding hydrogens is 355 g/mol. The zero-order valence-corrected chi connectivity index (χ0v) is 13.3. The zero-order valence-electron chi connectivity index (χ0n) is 13.3. The standard InChI is InChI=1S/C17H14F3NO5/c18-11-1-5-13(6-2-11)24-10-16(23)25-9-15(22)21-12-3-7-14(8-4-12)26-17(19)20/h1-8,17H,9-10H2,(H,21,22). The van der Waals surface area contributed by atoms with Gasteiger partial charge in [-0.05, 0) is 48.5 Å². The molecule has 1 amide bonds. The normalized spacial score (nSPS) is 10.3. The van der Waals surface area contributed by atoms with Gasteiger partial charge in [-0.1, -0.05) is 0 Å². The smallest absolute Gasteiger partial charge is 0.387 e. The number of hydrogen-bond acceptors (Lipinski definition) is 5. The molecule has 0 aliphatic rings. The molecule has 2 aromatic rings. The lowest BCUT2D eigenvalue weighted by molar-refractivity contribution is -0.149. The SMILES string of the molecule is O=C(COC(=O)COc1ccc(F)cc1)Nc1ccc(OC(F)F)cc1. The molecule has 0 unspecified atom stereocenters. The Morgan fingerprint density at radius 3 is 2.15 bits per heavy atom. The third-order valence-corrected chi connectivity index (χ3v) is 2.90. The average Bonchev–Trinajstić information content (AvgIpc) is 2.61. The first-order chi connectivity index (χ1) is 12.4. The molecular formula is C17H14F3NO5. The highest BCUT2D eigenvalue weighted by molar-refractivity contribution is 5.92. The van der Waals surface area contributed by atoms with Crippen LogP contribution in [0.25, 0.3) is 0 Å². The second-order valence-electron chi connectivity index (χ2n) is 4.85. The van der Waals surface area contributed by atoms with Crippen LogP contribution in [0.2, 0.25) is 0 Å². The number of amides is 1. The van der Waals surface area contributed by atoms with Gasteiger partial charge in [-0.2, -0.15) is 8.78 Å². The van der Waals surface area contributed by atoms with Crippen LogP contribution in [-0.4, -0.2) is 31.7 Å². The van der Waals surface area contributed by atoms with Crippen LogP contribution in [-0.2, 0) is 14.3 Å². The molecule has 2 rings (SSSR count). The molecule has 0 fully saturated rings. The van der Waals surface area contributed by atoms with E-state index in [1.807, 2.05) is 0 Å². The summed E-state index contributed by atoms with van der Waals surface area (Å²) in [5.74, 6) is -1.63. The molecule has 9 heteroatoms. The van der Waals surface area contributed by atoms with Crippen LogP contribution >= 0.6 is 0 Å². The van der Waals surface area contributed by atoms with Crippen molar-refractivity contribution in [3.8, 4) is 11.5 Å². The monoisotopic (exact) mass is 369 g/mol. The molecule has 1 N–H and O–H groups in total. The molecule has 6 nitrogen and oxygen atoms in total. The van der Waals surface area contributed by atoms with E-state index in [4.69, 9.17) is 9.47 Å². The molecule has 0 radical (unpaired) electrons. The Morgan fingerprint density at radius 2 is 1.54 bits per heavy atom. The van der Waals surface area contributed by atoms with Gasteiger partial charge in [-0.3, -0.25) is 4.79 Å². The number of hydrogen-bond donors (Lipinski definition) is 1. The third kappa shape index (κ3) is 6.71. The molecule has 0 heterocycles. The van der Waals surface area contributed by atoms with Gasteiger partial charge in [0, 0.05) is 5.69 Å². The van der Waals surface area contributed by atoms with E-state index in [-0.39, 0.29) is 11.5 Å². The van der Waals surface area contributed by atoms with E-state index >= 15 is 0 Å². The average molecular weight is 369 g/mol. The van der Waals surface area contributed by atoms with E-state index in [9.17, 15) is 22.8 Å². The van der Waals surface area contributed by atoms with Crippen molar-refractivity contribution >= 4 is 17.6 Å². The van der Waals surface area contributed by atoms with Gasteiger partial charge in [-0.15, -0.1) is 0 Å². The summed E-state index contributed by atoms with van der Waals surface area (Å²) in [4.78, 5) is 23.2. The number of carbonyl (C=O) groups is 2. The molecule has 138 valence electrons. The van der Waals surface area contributed by atoms with Crippen molar-refractivity contribution in [2.45, 2.75) is 6.61 Å². The number of esters is 1. The third-order valence-electron chi connectivity index (χ3n) is 2.90. The first-order valence-electron chi connectivity index (χ1n) is 7.31. The van der Waals surface area contributed by atoms with E-state index in [0.717, 1.165) is 0 Å². The highest BCUT2D eigenvalue weighted by Gasteiger charge is 2.10. The van der Waals surface area contributed by atoms with E-state index in [2.05, 4.69) is 10.1 Å². The van der Waals surface area contributed by atoms with Crippen LogP contribution in [0.5, 0.6) is 11.5 Å². The second-order valence-corrected chi connectivity index (χ2v) is 4.85. The maximum absolute atomic E-state index is 12.7. The molecule has 0 saturated carbocycles. The van der Waals surface area contributed by atoms with Gasteiger partial charge in [0.2, 0.25) is 0 Å². The maximum Gasteiger partial charge on any atom is 0.387 e. The van der Waals surface area contributed by atoms with Crippen molar-refractivity contribution in [3.05, 3.63) is 54.3 Å². The number of carbonyl (C=O) groups excluding carboxylic acids is 2. The lowest BCUT2D eigenvalue weighted by Gasteiger charge is -2.09. The van der Waals surface area contributed by atoms with Gasteiger partial charge in [-0.25, -0.2) is 9.18 Å². The van der Waals surface area contributed by atoms with Crippen LogP contribution in [0, 0.1) is 5.82 Å². The van der Waals surface area contributed by atoms with Crippen molar-refractivity contribution in [1.29, 1.82) is 0 Å². The lowest BCUT2D eigenvalue weighted by Crippen LogP contribution is -2.23. The van der Waals surface area contributed by atoms with E-state index in [1.165, 1.54) is 48.5 Å². The van der Waals surface area contributed by atoms with Gasteiger partial charge in [0.1, 0.15) is 17.3 Å². The summed E-state index contributed by atoms with van der Waals surface area (Å²) in [6.45, 7) is -3.94. The molecule has 0 saturated heterocycles. The Morgan fingerprint density at radius 1 is 0.923 bits per heavy atom. The number of ether oxygens (including phenoxy) is 3. The van der Waals surface area contributed by atoms with E-state index in [1.54, 1.807) is 0 Å². The first-order valence-corrected chi connectivity index (χ1v) is 7.31. The molecule has 0 spiro atoms. The highest BCUT2D eigenvalue weighted by atomic mass is 19.3. The summed E-state index contributed by atoms with van der Waals surface area (Å²) in [7, 11) is 0. The zero-order chi connectivity index (χ0) is 18.9. The Balaban J connectivity index is 1.70. The Labute approximate surface area is 146 Å². The number of benzene rings is 2. The highest BCUT2D eigenvalue weighted by Crippen LogP contribution is 2.17. The summed E-state index contributed by atoms with van der Waals surface area (Å²) in [6, 6.07) is 10.3. The number of halogens is 3. The van der Waals surface area contributed by atoms with Crippen LogP contribution in [0.4, 0.5) is 18.9 Å². The topological polar surface area (TPSA) is 73.9 Å². The van der Waals surface area contributed by atoms with Gasteiger partial charge in [0.25, 0.3) is 5.91 Å². The van der Waals surface area contributed by atoms with Crippen molar-refractivity contribution in [1.82, 2.24) is 0 Å². The fourth-order valence-electron chi connectivity index (χ4n) is 1.78. The van der Waals surface area contributed by atoms with Crippen LogP contribution in [0.15, 0.2) is 48.5 Å². The van der Waals surface area contributed by atoms with E-state index in [0.29, 0.717) is 5.69 Å². The summed E-state index contributed by atoms with van der Waals surface area (Å²) >= 11 is 0. The molecule has 0 aromatic heterocycles. The predicted molar refractivity (Wildman–Crippen MR) is 84.6 cm³/mol. The minimum absolute atomic E-state index is 0.0534. The summed E-state index contributed by atoms with van der Waals surface area (Å²) in [5.41, 5.74) is 0.315. The quantitative estimate of drug-likeness (QED) is 0.724. The fourth-order valence-corrected chi connectivity index (χ4v) is 1.78. The number of nitrogens with one attached hydrogen (secondary N) is 1. The van der Waals surface area contributed by atoms with Crippen molar-refractivity contribution in [2.75, 3.05) is 18.5 Å². The van der Waals surface area contributed by atoms with Crippen molar-refractivity contribution in [3.63, 3.8) is 0 Å². The van der Waals surface area contributed by atoms with Gasteiger partial charge < -0.3 is 19.5 Å². The first kappa shape index (κ1) is 19.1. The predicted octanol–water partition coefficient (Wildman–Crippen LogP) is 2.99. The Hall–Kier alpha value is -3.23. The number of rotatable bonds is 8. The van der Waals surface area contributed by atoms with Gasteiger partial charge in [0.15, 0.2) is 13.2 Å². The van der Waals surface area contributed by atoms with Crippen molar-refractivity contribution in [2.24, 2.45) is 0 Å². The summed E-state index contributed by atoms with van der Waals surface area (Å²) in [6.07, 6.45) is 0. The second kappa shape index (κ2) is 9.30. The van der Waals surface area contributed by atoms with Crippen LogP contribution < -0.4 is 14.8 Å². The summed E-state index contributed by atoms with van der Waals surface area (Å²) in [5, 5.41) is 2.42. The molecule has 0 aliphatic carbocycles.